The van der Waals surface area contributed by atoms with Crippen molar-refractivity contribution < 1.29 is 9.52 Å². The van der Waals surface area contributed by atoms with Crippen molar-refractivity contribution in [2.24, 2.45) is 11.3 Å². The first-order valence-electron chi connectivity index (χ1n) is 6.23. The normalized spacial score (nSPS) is 30.8. The molecule has 1 saturated carbocycles. The van der Waals surface area contributed by atoms with Gasteiger partial charge in [0.1, 0.15) is 17.6 Å². The number of rotatable bonds is 2. The first kappa shape index (κ1) is 12.2. The molecule has 0 spiro atoms. The van der Waals surface area contributed by atoms with Crippen molar-refractivity contribution in [2.45, 2.75) is 45.6 Å². The maximum atomic E-state index is 10.4. The van der Waals surface area contributed by atoms with Crippen molar-refractivity contribution in [3.05, 3.63) is 23.7 Å². The highest BCUT2D eigenvalue weighted by Gasteiger charge is 2.43. The molecule has 92 valence electrons. The number of aliphatic hydroxyl groups excluding tert-OH is 1. The maximum absolute atomic E-state index is 10.4. The summed E-state index contributed by atoms with van der Waals surface area (Å²) < 4.78 is 5.45. The molecule has 1 atom stereocenters. The Kier molecular flexibility index (Phi) is 3.26. The van der Waals surface area contributed by atoms with Crippen LogP contribution in [0.25, 0.3) is 0 Å². The van der Waals surface area contributed by atoms with Gasteiger partial charge in [-0.3, -0.25) is 0 Å². The first-order chi connectivity index (χ1) is 8.07. The summed E-state index contributed by atoms with van der Waals surface area (Å²) in [7, 11) is 0. The van der Waals surface area contributed by atoms with Crippen LogP contribution in [0.4, 0.5) is 0 Å². The Morgan fingerprint density at radius 3 is 2.59 bits per heavy atom. The smallest absolute Gasteiger partial charge is 0.134 e. The SMILES string of the molecule is Cc1ccc(C(O)C2(C#N)CCC(C)CC2)o1. The van der Waals surface area contributed by atoms with E-state index in [1.165, 1.54) is 0 Å². The van der Waals surface area contributed by atoms with E-state index in [1.807, 2.05) is 13.0 Å². The van der Waals surface area contributed by atoms with E-state index >= 15 is 0 Å². The second-order valence-corrected chi connectivity index (χ2v) is 5.30. The third kappa shape index (κ3) is 2.23. The second-order valence-electron chi connectivity index (χ2n) is 5.30. The molecule has 0 bridgehead atoms. The maximum Gasteiger partial charge on any atom is 0.134 e. The minimum Gasteiger partial charge on any atom is -0.464 e. The number of nitriles is 1. The van der Waals surface area contributed by atoms with Crippen molar-refractivity contribution in [3.63, 3.8) is 0 Å². The molecule has 0 aromatic carbocycles. The zero-order valence-electron chi connectivity index (χ0n) is 10.4. The minimum absolute atomic E-state index is 0.526. The summed E-state index contributed by atoms with van der Waals surface area (Å²) in [6.45, 7) is 4.04. The lowest BCUT2D eigenvalue weighted by atomic mass is 9.68. The molecule has 1 aromatic rings. The van der Waals surface area contributed by atoms with Gasteiger partial charge in [-0.25, -0.2) is 0 Å². The largest absolute Gasteiger partial charge is 0.464 e. The van der Waals surface area contributed by atoms with Crippen LogP contribution in [0.2, 0.25) is 0 Å². The number of hydrogen-bond acceptors (Lipinski definition) is 3. The Morgan fingerprint density at radius 2 is 2.12 bits per heavy atom. The lowest BCUT2D eigenvalue weighted by Gasteiger charge is -2.36. The zero-order chi connectivity index (χ0) is 12.5. The number of furan rings is 1. The molecule has 0 amide bonds. The van der Waals surface area contributed by atoms with E-state index in [-0.39, 0.29) is 0 Å². The van der Waals surface area contributed by atoms with Crippen LogP contribution < -0.4 is 0 Å². The van der Waals surface area contributed by atoms with Gasteiger partial charge in [0.05, 0.1) is 11.5 Å². The molecule has 1 unspecified atom stereocenters. The Hall–Kier alpha value is -1.27. The zero-order valence-corrected chi connectivity index (χ0v) is 10.4. The summed E-state index contributed by atoms with van der Waals surface area (Å²) in [5.41, 5.74) is -0.656. The van der Waals surface area contributed by atoms with Gasteiger partial charge in [-0.05, 0) is 50.7 Å². The molecule has 0 saturated heterocycles. The van der Waals surface area contributed by atoms with Crippen LogP contribution in [0.1, 0.15) is 50.2 Å². The van der Waals surface area contributed by atoms with Gasteiger partial charge >= 0.3 is 0 Å². The highest BCUT2D eigenvalue weighted by molar-refractivity contribution is 5.16. The Labute approximate surface area is 102 Å². The van der Waals surface area contributed by atoms with Gasteiger partial charge in [-0.1, -0.05) is 6.92 Å². The lowest BCUT2D eigenvalue weighted by Crippen LogP contribution is -2.31. The fourth-order valence-electron chi connectivity index (χ4n) is 2.60. The molecule has 1 heterocycles. The molecule has 2 rings (SSSR count). The summed E-state index contributed by atoms with van der Waals surface area (Å²) in [5.74, 6) is 1.96. The quantitative estimate of drug-likeness (QED) is 0.852. The van der Waals surface area contributed by atoms with Crippen LogP contribution in [0.5, 0.6) is 0 Å². The van der Waals surface area contributed by atoms with Gasteiger partial charge in [0.25, 0.3) is 0 Å². The lowest BCUT2D eigenvalue weighted by molar-refractivity contribution is 0.0111. The van der Waals surface area contributed by atoms with Gasteiger partial charge in [0.15, 0.2) is 0 Å². The molecule has 1 aliphatic rings. The van der Waals surface area contributed by atoms with Crippen molar-refractivity contribution in [1.29, 1.82) is 5.26 Å². The first-order valence-corrected chi connectivity index (χ1v) is 6.23. The molecular weight excluding hydrogens is 214 g/mol. The topological polar surface area (TPSA) is 57.2 Å². The average Bonchev–Trinajstić information content (AvgIpc) is 2.76. The van der Waals surface area contributed by atoms with E-state index in [9.17, 15) is 10.4 Å². The van der Waals surface area contributed by atoms with Crippen molar-refractivity contribution >= 4 is 0 Å². The Balaban J connectivity index is 2.21. The molecule has 1 aromatic heterocycles. The molecule has 0 aliphatic heterocycles. The van der Waals surface area contributed by atoms with E-state index in [0.717, 1.165) is 31.4 Å². The molecule has 1 N–H and O–H groups in total. The van der Waals surface area contributed by atoms with Crippen LogP contribution >= 0.6 is 0 Å². The number of hydrogen-bond donors (Lipinski definition) is 1. The van der Waals surface area contributed by atoms with Gasteiger partial charge in [-0.2, -0.15) is 5.26 Å². The van der Waals surface area contributed by atoms with Crippen molar-refractivity contribution in [3.8, 4) is 6.07 Å². The minimum atomic E-state index is -0.798. The van der Waals surface area contributed by atoms with E-state index < -0.39 is 11.5 Å². The van der Waals surface area contributed by atoms with Crippen molar-refractivity contribution in [1.82, 2.24) is 0 Å². The molecule has 0 radical (unpaired) electrons. The summed E-state index contributed by atoms with van der Waals surface area (Å²) in [4.78, 5) is 0. The predicted octanol–water partition coefficient (Wildman–Crippen LogP) is 3.34. The van der Waals surface area contributed by atoms with Crippen LogP contribution in [0, 0.1) is 29.6 Å². The fraction of sp³-hybridized carbons (Fsp3) is 0.643. The summed E-state index contributed by atoms with van der Waals surface area (Å²) in [6.07, 6.45) is 2.72. The van der Waals surface area contributed by atoms with Gasteiger partial charge in [-0.15, -0.1) is 0 Å². The van der Waals surface area contributed by atoms with Crippen LogP contribution in [-0.2, 0) is 0 Å². The number of aliphatic hydroxyl groups is 1. The molecular formula is C14H19NO2. The van der Waals surface area contributed by atoms with Gasteiger partial charge in [0.2, 0.25) is 0 Å². The third-order valence-corrected chi connectivity index (χ3v) is 3.94. The molecule has 17 heavy (non-hydrogen) atoms. The Morgan fingerprint density at radius 1 is 1.47 bits per heavy atom. The second kappa shape index (κ2) is 4.54. The molecule has 1 aliphatic carbocycles. The third-order valence-electron chi connectivity index (χ3n) is 3.94. The Bertz CT molecular complexity index is 422. The highest BCUT2D eigenvalue weighted by atomic mass is 16.4. The van der Waals surface area contributed by atoms with Crippen molar-refractivity contribution in [2.75, 3.05) is 0 Å². The fourth-order valence-corrected chi connectivity index (χ4v) is 2.60. The van der Waals surface area contributed by atoms with E-state index in [1.54, 1.807) is 6.07 Å². The number of aryl methyl sites for hydroxylation is 1. The number of nitrogens with zero attached hydrogens (tertiary/aromatic N) is 1. The molecule has 3 heteroatoms. The highest BCUT2D eigenvalue weighted by Crippen LogP contribution is 2.47. The monoisotopic (exact) mass is 233 g/mol. The predicted molar refractivity (Wildman–Crippen MR) is 64.1 cm³/mol. The van der Waals surface area contributed by atoms with Crippen LogP contribution in [0.3, 0.4) is 0 Å². The average molecular weight is 233 g/mol. The molecule has 3 nitrogen and oxygen atoms in total. The summed E-state index contributed by atoms with van der Waals surface area (Å²) in [6, 6.07) is 5.94. The summed E-state index contributed by atoms with van der Waals surface area (Å²) in [5, 5.41) is 19.8. The van der Waals surface area contributed by atoms with Crippen LogP contribution in [0.15, 0.2) is 16.5 Å². The molecule has 1 fully saturated rings. The van der Waals surface area contributed by atoms with E-state index in [2.05, 4.69) is 13.0 Å². The van der Waals surface area contributed by atoms with E-state index in [4.69, 9.17) is 4.42 Å². The van der Waals surface area contributed by atoms with E-state index in [0.29, 0.717) is 11.7 Å². The van der Waals surface area contributed by atoms with Crippen LogP contribution in [-0.4, -0.2) is 5.11 Å². The standard InChI is InChI=1S/C14H19NO2/c1-10-5-7-14(9-15,8-6-10)13(16)12-4-3-11(2)17-12/h3-4,10,13,16H,5-8H2,1-2H3. The summed E-state index contributed by atoms with van der Waals surface area (Å²) >= 11 is 0. The van der Waals surface area contributed by atoms with Gasteiger partial charge < -0.3 is 9.52 Å². The van der Waals surface area contributed by atoms with Gasteiger partial charge in [0, 0.05) is 0 Å².